The molecule has 0 aromatic carbocycles. The lowest BCUT2D eigenvalue weighted by molar-refractivity contribution is -0.659. The van der Waals surface area contributed by atoms with Gasteiger partial charge >= 0.3 is 0 Å². The van der Waals surface area contributed by atoms with E-state index < -0.39 is 0 Å². The molecule has 0 aliphatic heterocycles. The summed E-state index contributed by atoms with van der Waals surface area (Å²) in [5.41, 5.74) is 0. The molecule has 0 amide bonds. The highest BCUT2D eigenvalue weighted by atomic mass is 15.2. The summed E-state index contributed by atoms with van der Waals surface area (Å²) in [6, 6.07) is 6.77. The van der Waals surface area contributed by atoms with Crippen LogP contribution in [-0.4, -0.2) is 13.1 Å². The molecular formula is C10H17N2+. The van der Waals surface area contributed by atoms with Crippen LogP contribution in [0.1, 0.15) is 13.8 Å². The van der Waals surface area contributed by atoms with Crippen molar-refractivity contribution < 1.29 is 4.57 Å². The van der Waals surface area contributed by atoms with Crippen LogP contribution in [0.5, 0.6) is 0 Å². The lowest BCUT2D eigenvalue weighted by atomic mass is 10.3. The Hall–Kier alpha value is -1.05. The Kier molecular flexibility index (Phi) is 2.69. The molecule has 1 rings (SSSR count). The highest BCUT2D eigenvalue weighted by molar-refractivity contribution is 5.31. The third-order valence-electron chi connectivity index (χ3n) is 2.16. The normalized spacial score (nSPS) is 10.4. The van der Waals surface area contributed by atoms with Gasteiger partial charge in [0.25, 0.3) is 5.82 Å². The Morgan fingerprint density at radius 1 is 1.33 bits per heavy atom. The molecular weight excluding hydrogens is 148 g/mol. The first-order valence-corrected chi connectivity index (χ1v) is 4.30. The number of rotatable bonds is 2. The molecule has 12 heavy (non-hydrogen) atoms. The third-order valence-corrected chi connectivity index (χ3v) is 2.16. The first-order chi connectivity index (χ1) is 5.63. The molecule has 1 heterocycles. The van der Waals surface area contributed by atoms with Gasteiger partial charge in [-0.3, -0.25) is 4.90 Å². The number of hydrogen-bond acceptors (Lipinski definition) is 1. The van der Waals surface area contributed by atoms with Crippen molar-refractivity contribution in [3.63, 3.8) is 0 Å². The Balaban J connectivity index is 2.94. The van der Waals surface area contributed by atoms with Gasteiger partial charge in [-0.05, 0) is 19.9 Å². The Labute approximate surface area is 74.4 Å². The van der Waals surface area contributed by atoms with E-state index in [1.54, 1.807) is 0 Å². The predicted octanol–water partition coefficient (Wildman–Crippen LogP) is 1.36. The minimum Gasteiger partial charge on any atom is -0.262 e. The average Bonchev–Trinajstić information content (AvgIpc) is 2.04. The van der Waals surface area contributed by atoms with Gasteiger partial charge in [0.15, 0.2) is 0 Å². The number of nitrogens with zero attached hydrogens (tertiary/aromatic N) is 2. The minimum absolute atomic E-state index is 0.540. The van der Waals surface area contributed by atoms with Crippen LogP contribution < -0.4 is 9.47 Å². The van der Waals surface area contributed by atoms with Crippen molar-refractivity contribution in [3.8, 4) is 0 Å². The van der Waals surface area contributed by atoms with Gasteiger partial charge in [0.05, 0.1) is 26.3 Å². The molecule has 1 aromatic heterocycles. The van der Waals surface area contributed by atoms with E-state index in [9.17, 15) is 0 Å². The van der Waals surface area contributed by atoms with Crippen LogP contribution in [0.15, 0.2) is 24.4 Å². The van der Waals surface area contributed by atoms with Crippen molar-refractivity contribution in [1.29, 1.82) is 0 Å². The molecule has 0 atom stereocenters. The zero-order valence-corrected chi connectivity index (χ0v) is 8.28. The fourth-order valence-electron chi connectivity index (χ4n) is 1.15. The van der Waals surface area contributed by atoms with Gasteiger partial charge in [0.1, 0.15) is 0 Å². The molecule has 0 bridgehead atoms. The van der Waals surface area contributed by atoms with Crippen LogP contribution in [0.3, 0.4) is 0 Å². The molecule has 0 N–H and O–H groups in total. The maximum atomic E-state index is 2.25. The van der Waals surface area contributed by atoms with Crippen molar-refractivity contribution >= 4 is 5.82 Å². The van der Waals surface area contributed by atoms with E-state index in [-0.39, 0.29) is 0 Å². The maximum absolute atomic E-state index is 2.25. The number of hydrogen-bond donors (Lipinski definition) is 0. The van der Waals surface area contributed by atoms with Crippen LogP contribution in [-0.2, 0) is 7.05 Å². The van der Waals surface area contributed by atoms with Crippen molar-refractivity contribution in [1.82, 2.24) is 0 Å². The van der Waals surface area contributed by atoms with E-state index >= 15 is 0 Å². The van der Waals surface area contributed by atoms with Crippen molar-refractivity contribution in [2.45, 2.75) is 19.9 Å². The lowest BCUT2D eigenvalue weighted by Crippen LogP contribution is -2.39. The van der Waals surface area contributed by atoms with Crippen LogP contribution in [0, 0.1) is 0 Å². The van der Waals surface area contributed by atoms with E-state index in [0.29, 0.717) is 6.04 Å². The molecule has 2 nitrogen and oxygen atoms in total. The fraction of sp³-hybridized carbons (Fsp3) is 0.500. The van der Waals surface area contributed by atoms with Crippen LogP contribution >= 0.6 is 0 Å². The van der Waals surface area contributed by atoms with Gasteiger partial charge in [0, 0.05) is 6.07 Å². The summed E-state index contributed by atoms with van der Waals surface area (Å²) in [5, 5.41) is 0. The molecule has 0 aliphatic carbocycles. The van der Waals surface area contributed by atoms with Gasteiger partial charge in [-0.15, -0.1) is 0 Å². The van der Waals surface area contributed by atoms with Crippen molar-refractivity contribution in [2.24, 2.45) is 7.05 Å². The maximum Gasteiger partial charge on any atom is 0.276 e. The summed E-state index contributed by atoms with van der Waals surface area (Å²) < 4.78 is 2.12. The first kappa shape index (κ1) is 9.04. The van der Waals surface area contributed by atoms with Gasteiger partial charge in [-0.1, -0.05) is 6.07 Å². The second-order valence-corrected chi connectivity index (χ2v) is 3.37. The number of aromatic nitrogens is 1. The summed E-state index contributed by atoms with van der Waals surface area (Å²) in [6.07, 6.45) is 2.06. The predicted molar refractivity (Wildman–Crippen MR) is 51.2 cm³/mol. The monoisotopic (exact) mass is 165 g/mol. The van der Waals surface area contributed by atoms with Crippen LogP contribution in [0.2, 0.25) is 0 Å². The molecule has 2 heteroatoms. The zero-order chi connectivity index (χ0) is 9.14. The van der Waals surface area contributed by atoms with Crippen molar-refractivity contribution in [2.75, 3.05) is 11.9 Å². The highest BCUT2D eigenvalue weighted by Crippen LogP contribution is 2.07. The first-order valence-electron chi connectivity index (χ1n) is 4.30. The summed E-state index contributed by atoms with van der Waals surface area (Å²) >= 11 is 0. The topological polar surface area (TPSA) is 7.12 Å². The molecule has 0 aliphatic rings. The number of aryl methyl sites for hydroxylation is 1. The van der Waals surface area contributed by atoms with Crippen LogP contribution in [0.4, 0.5) is 5.82 Å². The Morgan fingerprint density at radius 3 is 2.50 bits per heavy atom. The van der Waals surface area contributed by atoms with E-state index in [4.69, 9.17) is 0 Å². The summed E-state index contributed by atoms with van der Waals surface area (Å²) in [4.78, 5) is 2.25. The molecule has 0 saturated carbocycles. The zero-order valence-electron chi connectivity index (χ0n) is 8.28. The minimum atomic E-state index is 0.540. The van der Waals surface area contributed by atoms with Gasteiger partial charge in [-0.2, -0.15) is 0 Å². The smallest absolute Gasteiger partial charge is 0.262 e. The molecule has 0 saturated heterocycles. The van der Waals surface area contributed by atoms with E-state index in [1.165, 1.54) is 5.82 Å². The van der Waals surface area contributed by atoms with Crippen LogP contribution in [0.25, 0.3) is 0 Å². The lowest BCUT2D eigenvalue weighted by Gasteiger charge is -2.16. The molecule has 0 fully saturated rings. The second kappa shape index (κ2) is 3.57. The Bertz CT molecular complexity index is 256. The number of anilines is 1. The summed E-state index contributed by atoms with van der Waals surface area (Å²) in [7, 11) is 4.17. The van der Waals surface area contributed by atoms with Crippen molar-refractivity contribution in [3.05, 3.63) is 24.4 Å². The Morgan fingerprint density at radius 2 is 2.00 bits per heavy atom. The molecule has 66 valence electrons. The largest absolute Gasteiger partial charge is 0.276 e. The highest BCUT2D eigenvalue weighted by Gasteiger charge is 2.14. The SMILES string of the molecule is CC(C)N(C)c1cccc[n+]1C. The fourth-order valence-corrected chi connectivity index (χ4v) is 1.15. The molecule has 0 radical (unpaired) electrons. The second-order valence-electron chi connectivity index (χ2n) is 3.37. The quantitative estimate of drug-likeness (QED) is 0.600. The van der Waals surface area contributed by atoms with Gasteiger partial charge in [0.2, 0.25) is 0 Å². The molecule has 0 unspecified atom stereocenters. The van der Waals surface area contributed by atoms with E-state index in [1.807, 2.05) is 6.07 Å². The van der Waals surface area contributed by atoms with Gasteiger partial charge in [-0.25, -0.2) is 4.57 Å². The van der Waals surface area contributed by atoms with E-state index in [0.717, 1.165) is 0 Å². The number of pyridine rings is 1. The summed E-state index contributed by atoms with van der Waals surface area (Å²) in [5.74, 6) is 1.24. The average molecular weight is 165 g/mol. The van der Waals surface area contributed by atoms with E-state index in [2.05, 4.69) is 55.7 Å². The van der Waals surface area contributed by atoms with Gasteiger partial charge < -0.3 is 0 Å². The molecule has 0 spiro atoms. The molecule has 1 aromatic rings. The standard InChI is InChI=1S/C10H17N2/c1-9(2)12(4)10-7-5-6-8-11(10)3/h5-9H,1-4H3/q+1. The summed E-state index contributed by atoms with van der Waals surface area (Å²) in [6.45, 7) is 4.38. The third kappa shape index (κ3) is 1.76.